The average molecular weight is 280 g/mol. The van der Waals surface area contributed by atoms with E-state index in [2.05, 4.69) is 4.98 Å². The van der Waals surface area contributed by atoms with E-state index in [1.165, 1.54) is 6.07 Å². The maximum absolute atomic E-state index is 12.1. The largest absolute Gasteiger partial charge is 0.487 e. The number of rotatable bonds is 3. The van der Waals surface area contributed by atoms with E-state index >= 15 is 0 Å². The lowest BCUT2D eigenvalue weighted by molar-refractivity contribution is 0.299. The van der Waals surface area contributed by atoms with Crippen molar-refractivity contribution in [2.75, 3.05) is 0 Å². The molecular formula is C17H16N2O2. The van der Waals surface area contributed by atoms with Gasteiger partial charge in [0.15, 0.2) is 0 Å². The zero-order valence-electron chi connectivity index (χ0n) is 12.0. The first-order valence-corrected chi connectivity index (χ1v) is 6.81. The molecule has 2 aromatic heterocycles. The summed E-state index contributed by atoms with van der Waals surface area (Å²) in [7, 11) is 0. The van der Waals surface area contributed by atoms with Crippen molar-refractivity contribution in [2.24, 2.45) is 0 Å². The molecular weight excluding hydrogens is 264 g/mol. The molecule has 0 amide bonds. The second-order valence-electron chi connectivity index (χ2n) is 5.02. The zero-order chi connectivity index (χ0) is 14.8. The van der Waals surface area contributed by atoms with Crippen molar-refractivity contribution in [1.82, 2.24) is 9.38 Å². The van der Waals surface area contributed by atoms with Gasteiger partial charge in [0.05, 0.1) is 5.69 Å². The molecule has 3 aromatic rings. The number of pyridine rings is 1. The highest BCUT2D eigenvalue weighted by molar-refractivity contribution is 5.46. The molecule has 106 valence electrons. The van der Waals surface area contributed by atoms with Gasteiger partial charge in [-0.3, -0.25) is 9.20 Å². The lowest BCUT2D eigenvalue weighted by atomic mass is 10.2. The molecule has 0 saturated heterocycles. The number of hydrogen-bond acceptors (Lipinski definition) is 3. The minimum absolute atomic E-state index is 0.0907. The molecule has 4 nitrogen and oxygen atoms in total. The van der Waals surface area contributed by atoms with Crippen LogP contribution in [0.1, 0.15) is 16.8 Å². The van der Waals surface area contributed by atoms with Crippen molar-refractivity contribution in [1.29, 1.82) is 0 Å². The summed E-state index contributed by atoms with van der Waals surface area (Å²) in [5.41, 5.74) is 3.25. The topological polar surface area (TPSA) is 43.6 Å². The quantitative estimate of drug-likeness (QED) is 0.741. The molecule has 0 bridgehead atoms. The Balaban J connectivity index is 1.93. The van der Waals surface area contributed by atoms with Gasteiger partial charge in [0, 0.05) is 12.3 Å². The van der Waals surface area contributed by atoms with Gasteiger partial charge in [0.2, 0.25) is 0 Å². The van der Waals surface area contributed by atoms with E-state index in [1.807, 2.05) is 50.2 Å². The SMILES string of the molecule is Cc1ccccc1OCc1cc(=O)n2cccc(C)c2n1. The molecule has 4 heteroatoms. The number of benzene rings is 1. The van der Waals surface area contributed by atoms with Gasteiger partial charge in [-0.05, 0) is 37.1 Å². The van der Waals surface area contributed by atoms with Gasteiger partial charge in [-0.25, -0.2) is 4.98 Å². The predicted molar refractivity (Wildman–Crippen MR) is 81.7 cm³/mol. The fourth-order valence-corrected chi connectivity index (χ4v) is 2.25. The van der Waals surface area contributed by atoms with Gasteiger partial charge in [-0.1, -0.05) is 24.3 Å². The fraction of sp³-hybridized carbons (Fsp3) is 0.176. The van der Waals surface area contributed by atoms with Crippen LogP contribution in [0.5, 0.6) is 5.75 Å². The Morgan fingerprint density at radius 2 is 1.86 bits per heavy atom. The van der Waals surface area contributed by atoms with Gasteiger partial charge in [-0.2, -0.15) is 0 Å². The van der Waals surface area contributed by atoms with Crippen molar-refractivity contribution in [3.63, 3.8) is 0 Å². The number of aryl methyl sites for hydroxylation is 2. The van der Waals surface area contributed by atoms with Crippen LogP contribution in [0.15, 0.2) is 53.5 Å². The third-order valence-corrected chi connectivity index (χ3v) is 3.41. The highest BCUT2D eigenvalue weighted by atomic mass is 16.5. The first-order chi connectivity index (χ1) is 10.1. The predicted octanol–water partition coefficient (Wildman–Crippen LogP) is 2.89. The highest BCUT2D eigenvalue weighted by Gasteiger charge is 2.06. The molecule has 0 spiro atoms. The summed E-state index contributed by atoms with van der Waals surface area (Å²) in [6.45, 7) is 4.21. The molecule has 0 N–H and O–H groups in total. The van der Waals surface area contributed by atoms with Gasteiger partial charge in [0.1, 0.15) is 18.0 Å². The summed E-state index contributed by atoms with van der Waals surface area (Å²) in [4.78, 5) is 16.6. The molecule has 0 aliphatic rings. The number of aromatic nitrogens is 2. The van der Waals surface area contributed by atoms with Crippen LogP contribution in [0, 0.1) is 13.8 Å². The summed E-state index contributed by atoms with van der Waals surface area (Å²) in [5, 5.41) is 0. The maximum atomic E-state index is 12.1. The van der Waals surface area contributed by atoms with Crippen molar-refractivity contribution < 1.29 is 4.74 Å². The van der Waals surface area contributed by atoms with Crippen LogP contribution in [-0.4, -0.2) is 9.38 Å². The van der Waals surface area contributed by atoms with Crippen molar-refractivity contribution in [3.05, 3.63) is 75.8 Å². The minimum Gasteiger partial charge on any atom is -0.487 e. The summed E-state index contributed by atoms with van der Waals surface area (Å²) < 4.78 is 7.30. The van der Waals surface area contributed by atoms with Crippen LogP contribution in [0.3, 0.4) is 0 Å². The molecule has 0 saturated carbocycles. The Morgan fingerprint density at radius 3 is 2.67 bits per heavy atom. The van der Waals surface area contributed by atoms with Gasteiger partial charge < -0.3 is 4.74 Å². The van der Waals surface area contributed by atoms with E-state index in [-0.39, 0.29) is 12.2 Å². The molecule has 21 heavy (non-hydrogen) atoms. The van der Waals surface area contributed by atoms with E-state index in [0.29, 0.717) is 11.3 Å². The first-order valence-electron chi connectivity index (χ1n) is 6.81. The number of hydrogen-bond donors (Lipinski definition) is 0. The second kappa shape index (κ2) is 5.40. The molecule has 0 radical (unpaired) electrons. The van der Waals surface area contributed by atoms with Crippen LogP contribution in [0.2, 0.25) is 0 Å². The highest BCUT2D eigenvalue weighted by Crippen LogP contribution is 2.17. The smallest absolute Gasteiger partial charge is 0.258 e. The Hall–Kier alpha value is -2.62. The molecule has 2 heterocycles. The van der Waals surface area contributed by atoms with Crippen LogP contribution in [-0.2, 0) is 6.61 Å². The van der Waals surface area contributed by atoms with Gasteiger partial charge in [0.25, 0.3) is 5.56 Å². The second-order valence-corrected chi connectivity index (χ2v) is 5.02. The maximum Gasteiger partial charge on any atom is 0.258 e. The monoisotopic (exact) mass is 280 g/mol. The Morgan fingerprint density at radius 1 is 1.10 bits per heavy atom. The van der Waals surface area contributed by atoms with E-state index in [9.17, 15) is 4.79 Å². The number of para-hydroxylation sites is 1. The van der Waals surface area contributed by atoms with E-state index in [4.69, 9.17) is 4.74 Å². The van der Waals surface area contributed by atoms with Crippen LogP contribution in [0.25, 0.3) is 5.65 Å². The van der Waals surface area contributed by atoms with Crippen molar-refractivity contribution in [2.45, 2.75) is 20.5 Å². The molecule has 0 unspecified atom stereocenters. The number of ether oxygens (including phenoxy) is 1. The van der Waals surface area contributed by atoms with Gasteiger partial charge in [-0.15, -0.1) is 0 Å². The number of fused-ring (bicyclic) bond motifs is 1. The third kappa shape index (κ3) is 2.65. The Labute approximate surface area is 122 Å². The van der Waals surface area contributed by atoms with Crippen LogP contribution in [0.4, 0.5) is 0 Å². The number of nitrogens with zero attached hydrogens (tertiary/aromatic N) is 2. The standard InChI is InChI=1S/C17H16N2O2/c1-12-6-3-4-8-15(12)21-11-14-10-16(20)19-9-5-7-13(2)17(19)18-14/h3-10H,11H2,1-2H3. The summed E-state index contributed by atoms with van der Waals surface area (Å²) >= 11 is 0. The Bertz CT molecular complexity index is 853. The lowest BCUT2D eigenvalue weighted by Crippen LogP contribution is -2.17. The Kier molecular flexibility index (Phi) is 3.44. The fourth-order valence-electron chi connectivity index (χ4n) is 2.25. The lowest BCUT2D eigenvalue weighted by Gasteiger charge is -2.09. The molecule has 0 aliphatic heterocycles. The van der Waals surface area contributed by atoms with E-state index in [1.54, 1.807) is 10.6 Å². The normalized spacial score (nSPS) is 10.8. The molecule has 0 aliphatic carbocycles. The summed E-state index contributed by atoms with van der Waals surface area (Å²) in [5.74, 6) is 0.810. The molecule has 0 fully saturated rings. The minimum atomic E-state index is -0.0907. The van der Waals surface area contributed by atoms with E-state index in [0.717, 1.165) is 16.9 Å². The zero-order valence-corrected chi connectivity index (χ0v) is 12.0. The van der Waals surface area contributed by atoms with Crippen LogP contribution >= 0.6 is 0 Å². The summed E-state index contributed by atoms with van der Waals surface area (Å²) in [6.07, 6.45) is 1.73. The van der Waals surface area contributed by atoms with Gasteiger partial charge >= 0.3 is 0 Å². The van der Waals surface area contributed by atoms with E-state index < -0.39 is 0 Å². The molecule has 0 atom stereocenters. The first kappa shape index (κ1) is 13.4. The molecule has 1 aromatic carbocycles. The van der Waals surface area contributed by atoms with Crippen molar-refractivity contribution >= 4 is 5.65 Å². The van der Waals surface area contributed by atoms with Crippen LogP contribution < -0.4 is 10.3 Å². The molecule has 3 rings (SSSR count). The summed E-state index contributed by atoms with van der Waals surface area (Å²) in [6, 6.07) is 13.1. The third-order valence-electron chi connectivity index (χ3n) is 3.41. The average Bonchev–Trinajstić information content (AvgIpc) is 2.48. The van der Waals surface area contributed by atoms with Crippen molar-refractivity contribution in [3.8, 4) is 5.75 Å².